The van der Waals surface area contributed by atoms with Crippen LogP contribution >= 0.6 is 0 Å². The highest BCUT2D eigenvalue weighted by molar-refractivity contribution is 5.70. The minimum Gasteiger partial charge on any atom is -0.462 e. The maximum absolute atomic E-state index is 12.3. The van der Waals surface area contributed by atoms with Gasteiger partial charge in [-0.1, -0.05) is 301 Å². The van der Waals surface area contributed by atoms with Crippen molar-refractivity contribution in [1.82, 2.24) is 0 Å². The van der Waals surface area contributed by atoms with Crippen LogP contribution in [0.2, 0.25) is 0 Å². The predicted molar refractivity (Wildman–Crippen MR) is 307 cm³/mol. The molecular formula is C65H122O5. The molecule has 70 heavy (non-hydrogen) atoms. The van der Waals surface area contributed by atoms with Gasteiger partial charge in [-0.25, -0.2) is 0 Å². The Morgan fingerprint density at radius 3 is 0.886 bits per heavy atom. The van der Waals surface area contributed by atoms with E-state index in [9.17, 15) is 14.7 Å². The monoisotopic (exact) mass is 983 g/mol. The van der Waals surface area contributed by atoms with Gasteiger partial charge in [-0.3, -0.25) is 9.59 Å². The van der Waals surface area contributed by atoms with E-state index in [1.807, 2.05) is 0 Å². The number of aliphatic hydroxyl groups excluding tert-OH is 1. The van der Waals surface area contributed by atoms with Crippen molar-refractivity contribution >= 4 is 11.9 Å². The molecule has 0 bridgehead atoms. The van der Waals surface area contributed by atoms with Crippen molar-refractivity contribution in [3.63, 3.8) is 0 Å². The normalized spacial score (nSPS) is 12.3. The lowest BCUT2D eigenvalue weighted by Crippen LogP contribution is -2.28. The van der Waals surface area contributed by atoms with Gasteiger partial charge >= 0.3 is 11.9 Å². The second kappa shape index (κ2) is 61.4. The molecule has 0 saturated carbocycles. The second-order valence-corrected chi connectivity index (χ2v) is 21.5. The van der Waals surface area contributed by atoms with Gasteiger partial charge in [0.1, 0.15) is 6.61 Å². The summed E-state index contributed by atoms with van der Waals surface area (Å²) in [6.07, 6.45) is 80.2. The predicted octanol–water partition coefficient (Wildman–Crippen LogP) is 21.4. The van der Waals surface area contributed by atoms with E-state index < -0.39 is 6.10 Å². The van der Waals surface area contributed by atoms with E-state index in [2.05, 4.69) is 50.3 Å². The van der Waals surface area contributed by atoms with Gasteiger partial charge < -0.3 is 14.6 Å². The maximum Gasteiger partial charge on any atom is 0.306 e. The van der Waals surface area contributed by atoms with E-state index in [-0.39, 0.29) is 25.2 Å². The van der Waals surface area contributed by atoms with Crippen molar-refractivity contribution in [3.05, 3.63) is 36.5 Å². The number of carbonyl (C=O) groups excluding carboxylic acids is 2. The summed E-state index contributed by atoms with van der Waals surface area (Å²) in [6.45, 7) is 4.15. The Bertz CT molecular complexity index is 1110. The first-order valence-corrected chi connectivity index (χ1v) is 31.5. The summed E-state index contributed by atoms with van der Waals surface area (Å²) in [7, 11) is 0. The summed E-state index contributed by atoms with van der Waals surface area (Å²) in [5.74, 6) is -0.583. The van der Waals surface area contributed by atoms with Crippen molar-refractivity contribution in [3.8, 4) is 0 Å². The van der Waals surface area contributed by atoms with Gasteiger partial charge in [0.05, 0.1) is 6.61 Å². The first-order chi connectivity index (χ1) is 34.6. The Hall–Kier alpha value is -1.88. The molecule has 0 amide bonds. The standard InChI is InChI=1S/C65H122O5/c1-3-5-7-9-11-13-15-17-19-21-22-23-24-25-26-27-28-29-30-31-32-33-34-35-36-37-38-39-40-41-42-44-45-47-49-51-53-55-57-59-64(67)69-62-63(61-66)70-65(68)60-58-56-54-52-50-48-46-43-20-18-16-14-12-10-8-6-4-2/h12,14,18,20-22,63,66H,3-11,13,15-17,19,23-62H2,1-2H3/b14-12-,20-18-,22-21-. The molecule has 1 atom stereocenters. The number of carbonyl (C=O) groups is 2. The first kappa shape index (κ1) is 68.1. The zero-order valence-corrected chi connectivity index (χ0v) is 47.3. The quantitative estimate of drug-likeness (QED) is 0.0373. The number of hydrogen-bond donors (Lipinski definition) is 1. The van der Waals surface area contributed by atoms with Crippen LogP contribution in [-0.4, -0.2) is 36.4 Å². The molecule has 0 fully saturated rings. The van der Waals surface area contributed by atoms with Crippen LogP contribution in [0.25, 0.3) is 0 Å². The van der Waals surface area contributed by atoms with Gasteiger partial charge in [-0.05, 0) is 70.6 Å². The molecule has 1 unspecified atom stereocenters. The maximum atomic E-state index is 12.3. The number of ether oxygens (including phenoxy) is 2. The van der Waals surface area contributed by atoms with Gasteiger partial charge in [0.25, 0.3) is 0 Å². The van der Waals surface area contributed by atoms with Gasteiger partial charge in [0.2, 0.25) is 0 Å². The van der Waals surface area contributed by atoms with Crippen LogP contribution in [0.3, 0.4) is 0 Å². The smallest absolute Gasteiger partial charge is 0.306 e. The second-order valence-electron chi connectivity index (χ2n) is 21.5. The Labute approximate surface area is 437 Å². The molecule has 0 radical (unpaired) electrons. The Balaban J connectivity index is 3.36. The SMILES string of the molecule is CCCCC/C=C\C/C=C\CCCCCCCCCC(=O)OC(CO)COC(=O)CCCCCCCCCCCCCCCCCCCCCCCCCCCCC/C=C\CCCCCCCCCC. The third-order valence-electron chi connectivity index (χ3n) is 14.4. The largest absolute Gasteiger partial charge is 0.462 e. The number of allylic oxidation sites excluding steroid dienone is 6. The zero-order chi connectivity index (χ0) is 50.6. The molecule has 0 spiro atoms. The fraction of sp³-hybridized carbons (Fsp3) is 0.877. The molecule has 0 aromatic carbocycles. The number of hydrogen-bond acceptors (Lipinski definition) is 5. The third kappa shape index (κ3) is 58.7. The Kier molecular flexibility index (Phi) is 59.8. The molecule has 0 saturated heterocycles. The summed E-state index contributed by atoms with van der Waals surface area (Å²) in [4.78, 5) is 24.5. The van der Waals surface area contributed by atoms with E-state index in [1.165, 1.54) is 270 Å². The third-order valence-corrected chi connectivity index (χ3v) is 14.4. The summed E-state index contributed by atoms with van der Waals surface area (Å²) >= 11 is 0. The van der Waals surface area contributed by atoms with Gasteiger partial charge in [0, 0.05) is 12.8 Å². The molecule has 5 nitrogen and oxygen atoms in total. The fourth-order valence-corrected chi connectivity index (χ4v) is 9.64. The molecule has 0 aliphatic rings. The lowest BCUT2D eigenvalue weighted by atomic mass is 10.0. The fourth-order valence-electron chi connectivity index (χ4n) is 9.64. The van der Waals surface area contributed by atoms with Crippen molar-refractivity contribution < 1.29 is 24.2 Å². The summed E-state index contributed by atoms with van der Waals surface area (Å²) in [5.41, 5.74) is 0. The van der Waals surface area contributed by atoms with Crippen molar-refractivity contribution in [2.75, 3.05) is 13.2 Å². The van der Waals surface area contributed by atoms with Crippen LogP contribution in [-0.2, 0) is 19.1 Å². The van der Waals surface area contributed by atoms with Crippen LogP contribution < -0.4 is 0 Å². The molecule has 0 heterocycles. The highest BCUT2D eigenvalue weighted by atomic mass is 16.6. The van der Waals surface area contributed by atoms with Crippen molar-refractivity contribution in [2.24, 2.45) is 0 Å². The van der Waals surface area contributed by atoms with Crippen molar-refractivity contribution in [1.29, 1.82) is 0 Å². The molecule has 0 aliphatic carbocycles. The number of unbranched alkanes of at least 4 members (excludes halogenated alkanes) is 45. The molecule has 0 aromatic heterocycles. The van der Waals surface area contributed by atoms with E-state index in [0.717, 1.165) is 51.4 Å². The first-order valence-electron chi connectivity index (χ1n) is 31.5. The van der Waals surface area contributed by atoms with E-state index >= 15 is 0 Å². The van der Waals surface area contributed by atoms with Crippen LogP contribution in [0.5, 0.6) is 0 Å². The summed E-state index contributed by atoms with van der Waals surface area (Å²) in [5, 5.41) is 9.65. The van der Waals surface area contributed by atoms with Gasteiger partial charge in [-0.15, -0.1) is 0 Å². The van der Waals surface area contributed by atoms with Crippen LogP contribution in [0.15, 0.2) is 36.5 Å². The van der Waals surface area contributed by atoms with Crippen molar-refractivity contribution in [2.45, 2.75) is 354 Å². The number of esters is 2. The van der Waals surface area contributed by atoms with E-state index in [1.54, 1.807) is 0 Å². The lowest BCUT2D eigenvalue weighted by molar-refractivity contribution is -0.161. The molecule has 0 rings (SSSR count). The summed E-state index contributed by atoms with van der Waals surface area (Å²) < 4.78 is 10.7. The molecular weight excluding hydrogens is 861 g/mol. The minimum absolute atomic E-state index is 0.0646. The van der Waals surface area contributed by atoms with E-state index in [4.69, 9.17) is 9.47 Å². The molecule has 412 valence electrons. The van der Waals surface area contributed by atoms with E-state index in [0.29, 0.717) is 12.8 Å². The van der Waals surface area contributed by atoms with Crippen LogP contribution in [0.1, 0.15) is 348 Å². The highest BCUT2D eigenvalue weighted by Gasteiger charge is 2.16. The molecule has 0 aromatic rings. The zero-order valence-electron chi connectivity index (χ0n) is 47.3. The summed E-state index contributed by atoms with van der Waals surface area (Å²) in [6, 6.07) is 0. The molecule has 5 heteroatoms. The average molecular weight is 984 g/mol. The van der Waals surface area contributed by atoms with Gasteiger partial charge in [0.15, 0.2) is 6.10 Å². The minimum atomic E-state index is -0.774. The molecule has 1 N–H and O–H groups in total. The Morgan fingerprint density at radius 1 is 0.329 bits per heavy atom. The number of aliphatic hydroxyl groups is 1. The topological polar surface area (TPSA) is 72.8 Å². The highest BCUT2D eigenvalue weighted by Crippen LogP contribution is 2.18. The number of rotatable bonds is 59. The Morgan fingerprint density at radius 2 is 0.571 bits per heavy atom. The molecule has 0 aliphatic heterocycles. The van der Waals surface area contributed by atoms with Gasteiger partial charge in [-0.2, -0.15) is 0 Å². The van der Waals surface area contributed by atoms with Crippen LogP contribution in [0, 0.1) is 0 Å². The van der Waals surface area contributed by atoms with Crippen LogP contribution in [0.4, 0.5) is 0 Å². The lowest BCUT2D eigenvalue weighted by Gasteiger charge is -2.15. The average Bonchev–Trinajstić information content (AvgIpc) is 3.36.